The predicted octanol–water partition coefficient (Wildman–Crippen LogP) is 17.7. The number of esters is 5. The van der Waals surface area contributed by atoms with Crippen molar-refractivity contribution in [2.75, 3.05) is 26.4 Å². The van der Waals surface area contributed by atoms with E-state index in [1.165, 1.54) is 137 Å². The minimum Gasteiger partial charge on any atom is -0.494 e. The third kappa shape index (κ3) is 22.8. The molecule has 0 bridgehead atoms. The molecule has 0 aliphatic rings. The number of hydrogen-bond donors (Lipinski definition) is 0. The highest BCUT2D eigenvalue weighted by atomic mass is 35.5. The highest BCUT2D eigenvalue weighted by Crippen LogP contribution is 2.29. The lowest BCUT2D eigenvalue weighted by molar-refractivity contribution is 0.0720. The van der Waals surface area contributed by atoms with Gasteiger partial charge in [-0.05, 0) is 190 Å². The summed E-state index contributed by atoms with van der Waals surface area (Å²) in [6.07, 6.45) is 20.4. The van der Waals surface area contributed by atoms with E-state index in [-0.39, 0.29) is 39.7 Å². The summed E-state index contributed by atoms with van der Waals surface area (Å²) >= 11 is 6.45. The molecule has 14 nitrogen and oxygen atoms in total. The zero-order chi connectivity index (χ0) is 60.6. The van der Waals surface area contributed by atoms with E-state index in [4.69, 9.17) is 54.2 Å². The zero-order valence-electron chi connectivity index (χ0n) is 49.2. The van der Waals surface area contributed by atoms with Crippen LogP contribution in [0.1, 0.15) is 181 Å². The van der Waals surface area contributed by atoms with Crippen LogP contribution in [0.2, 0.25) is 5.02 Å². The molecule has 0 radical (unpaired) electrons. The van der Waals surface area contributed by atoms with E-state index in [1.807, 2.05) is 0 Å². The van der Waals surface area contributed by atoms with Crippen LogP contribution in [-0.2, 0) is 0 Å². The molecule has 7 aromatic carbocycles. The number of hydrogen-bond acceptors (Lipinski definition) is 14. The van der Waals surface area contributed by atoms with Crippen LogP contribution in [0, 0.1) is 0 Å². The smallest absolute Gasteiger partial charge is 0.343 e. The molecular weight excluding hydrogens is 1110 g/mol. The topological polar surface area (TPSA) is 168 Å². The minimum atomic E-state index is -0.690. The van der Waals surface area contributed by atoms with E-state index < -0.39 is 29.8 Å². The van der Waals surface area contributed by atoms with Crippen molar-refractivity contribution in [1.82, 2.24) is 0 Å². The fraction of sp³-hybridized carbons (Fsp3) is 0.338. The van der Waals surface area contributed by atoms with Gasteiger partial charge in [0.05, 0.1) is 59.3 Å². The van der Waals surface area contributed by atoms with Crippen LogP contribution in [0.4, 0.5) is 0 Å². The van der Waals surface area contributed by atoms with Gasteiger partial charge in [-0.2, -0.15) is 0 Å². The summed E-state index contributed by atoms with van der Waals surface area (Å²) in [4.78, 5) is 64.7. The second-order valence-corrected chi connectivity index (χ2v) is 21.1. The second-order valence-electron chi connectivity index (χ2n) is 20.7. The molecule has 7 aromatic rings. The fourth-order valence-electron chi connectivity index (χ4n) is 8.90. The fourth-order valence-corrected chi connectivity index (χ4v) is 9.14. The Kier molecular flexibility index (Phi) is 27.4. The molecule has 86 heavy (non-hydrogen) atoms. The quantitative estimate of drug-likeness (QED) is 0.0205. The summed E-state index contributed by atoms with van der Waals surface area (Å²) in [7, 11) is 0. The zero-order valence-corrected chi connectivity index (χ0v) is 50.0. The molecule has 0 amide bonds. The molecule has 15 heteroatoms. The average Bonchev–Trinajstić information content (AvgIpc) is 3.71. The van der Waals surface area contributed by atoms with Crippen molar-refractivity contribution >= 4 is 41.4 Å². The van der Waals surface area contributed by atoms with Crippen molar-refractivity contribution in [1.29, 1.82) is 0 Å². The van der Waals surface area contributed by atoms with E-state index in [9.17, 15) is 24.0 Å². The number of benzene rings is 7. The molecule has 0 spiro atoms. The van der Waals surface area contributed by atoms with Crippen molar-refractivity contribution in [2.24, 2.45) is 0 Å². The van der Waals surface area contributed by atoms with Crippen molar-refractivity contribution < 1.29 is 66.6 Å². The summed E-state index contributed by atoms with van der Waals surface area (Å²) in [5.41, 5.74) is 1.38. The van der Waals surface area contributed by atoms with Gasteiger partial charge in [-0.15, -0.1) is 0 Å². The van der Waals surface area contributed by atoms with Gasteiger partial charge < -0.3 is 42.6 Å². The average molecular weight is 1190 g/mol. The first kappa shape index (κ1) is 64.9. The molecule has 7 rings (SSSR count). The van der Waals surface area contributed by atoms with Crippen LogP contribution in [0.15, 0.2) is 164 Å². The lowest BCUT2D eigenvalue weighted by Crippen LogP contribution is -2.11. The van der Waals surface area contributed by atoms with Gasteiger partial charge in [0, 0.05) is 6.07 Å². The van der Waals surface area contributed by atoms with Crippen LogP contribution in [0.5, 0.6) is 51.7 Å². The number of carbonyl (C=O) groups excluding carboxylic acids is 5. The lowest BCUT2D eigenvalue weighted by atomic mass is 10.1. The van der Waals surface area contributed by atoms with Crippen molar-refractivity contribution in [3.63, 3.8) is 0 Å². The molecule has 0 saturated heterocycles. The summed E-state index contributed by atoms with van der Waals surface area (Å²) < 4.78 is 51.1. The summed E-state index contributed by atoms with van der Waals surface area (Å²) in [5.74, 6) is 0.639. The molecule has 0 unspecified atom stereocenters. The van der Waals surface area contributed by atoms with Gasteiger partial charge in [0.15, 0.2) is 0 Å². The van der Waals surface area contributed by atoms with Crippen molar-refractivity contribution in [3.8, 4) is 51.7 Å². The first-order valence-electron chi connectivity index (χ1n) is 30.1. The van der Waals surface area contributed by atoms with Gasteiger partial charge in [0.25, 0.3) is 0 Å². The summed E-state index contributed by atoms with van der Waals surface area (Å²) in [5, 5.41) is 0.311. The third-order valence-corrected chi connectivity index (χ3v) is 14.1. The van der Waals surface area contributed by atoms with Gasteiger partial charge in [0.1, 0.15) is 51.7 Å². The minimum absolute atomic E-state index is 0.126. The van der Waals surface area contributed by atoms with E-state index in [1.54, 1.807) is 91.0 Å². The molecule has 0 aliphatic heterocycles. The van der Waals surface area contributed by atoms with Crippen LogP contribution < -0.4 is 42.6 Å². The van der Waals surface area contributed by atoms with E-state index in [0.29, 0.717) is 65.6 Å². The standard InChI is InChI=1S/C71H77ClO14/c1-3-5-7-9-10-11-12-13-14-20-49-81-66-45-32-56(50-65(66)72)71(77)84-61-39-30-55(31-40-61)70(76)86-64-23-21-22-63(51-64)85-69(75)54-28-37-60(38-29-54)82-67(73)52-24-35-58(36-25-52)79-47-18-15-16-19-48-80-59-41-43-62(44-42-59)83-68(74)53-26-33-57(34-27-53)78-46-17-8-6-4-2/h21-45,50-51H,3-20,46-49H2,1-2H3. The van der Waals surface area contributed by atoms with E-state index >= 15 is 0 Å². The molecule has 0 atom stereocenters. The first-order chi connectivity index (χ1) is 42.0. The highest BCUT2D eigenvalue weighted by Gasteiger charge is 2.17. The van der Waals surface area contributed by atoms with Crippen molar-refractivity contribution in [3.05, 3.63) is 197 Å². The molecule has 452 valence electrons. The molecule has 0 aromatic heterocycles. The SMILES string of the molecule is CCCCCCCCCCCCOc1ccc(C(=O)Oc2ccc(C(=O)Oc3cccc(OC(=O)c4ccc(OC(=O)c5ccc(OCCCCCCOc6ccc(OC(=O)c7ccc(OCCCCCC)cc7)cc6)cc5)cc4)c3)cc2)cc1Cl. The second kappa shape index (κ2) is 36.3. The number of rotatable bonds is 37. The Morgan fingerprint density at radius 1 is 0.279 bits per heavy atom. The van der Waals surface area contributed by atoms with Crippen LogP contribution >= 0.6 is 11.6 Å². The highest BCUT2D eigenvalue weighted by molar-refractivity contribution is 6.32. The van der Waals surface area contributed by atoms with E-state index in [2.05, 4.69) is 13.8 Å². The van der Waals surface area contributed by atoms with E-state index in [0.717, 1.165) is 57.1 Å². The number of halogens is 1. The Bertz CT molecular complexity index is 3200. The Morgan fingerprint density at radius 2 is 0.547 bits per heavy atom. The third-order valence-electron chi connectivity index (χ3n) is 13.8. The molecule has 0 fully saturated rings. The van der Waals surface area contributed by atoms with Gasteiger partial charge in [0.2, 0.25) is 0 Å². The maximum atomic E-state index is 13.1. The predicted molar refractivity (Wildman–Crippen MR) is 331 cm³/mol. The van der Waals surface area contributed by atoms with Crippen LogP contribution in [-0.4, -0.2) is 56.3 Å². The van der Waals surface area contributed by atoms with Crippen LogP contribution in [0.3, 0.4) is 0 Å². The Balaban J connectivity index is 0.735. The summed E-state index contributed by atoms with van der Waals surface area (Å²) in [6.45, 7) is 6.67. The van der Waals surface area contributed by atoms with Crippen molar-refractivity contribution in [2.45, 2.75) is 129 Å². The molecule has 0 saturated carbocycles. The number of unbranched alkanes of at least 4 members (excludes halogenated alkanes) is 15. The Morgan fingerprint density at radius 3 is 0.907 bits per heavy atom. The maximum Gasteiger partial charge on any atom is 0.343 e. The monoisotopic (exact) mass is 1190 g/mol. The normalized spacial score (nSPS) is 10.8. The molecule has 0 N–H and O–H groups in total. The largest absolute Gasteiger partial charge is 0.494 e. The Hall–Kier alpha value is -8.62. The first-order valence-corrected chi connectivity index (χ1v) is 30.4. The van der Waals surface area contributed by atoms with Gasteiger partial charge in [-0.3, -0.25) is 0 Å². The van der Waals surface area contributed by atoms with Gasteiger partial charge in [-0.1, -0.05) is 109 Å². The number of ether oxygens (including phenoxy) is 9. The molecule has 0 heterocycles. The van der Waals surface area contributed by atoms with Crippen LogP contribution in [0.25, 0.3) is 0 Å². The molecule has 0 aliphatic carbocycles. The molecular formula is C71H77ClO14. The Labute approximate surface area is 509 Å². The lowest BCUT2D eigenvalue weighted by Gasteiger charge is -2.10. The summed E-state index contributed by atoms with van der Waals surface area (Å²) in [6, 6.07) is 43.2. The van der Waals surface area contributed by atoms with Gasteiger partial charge >= 0.3 is 29.8 Å². The van der Waals surface area contributed by atoms with Gasteiger partial charge in [-0.25, -0.2) is 24.0 Å². The maximum absolute atomic E-state index is 13.1. The number of carbonyl (C=O) groups is 5.